The maximum atomic E-state index is 10.9. The van der Waals surface area contributed by atoms with E-state index in [-0.39, 0.29) is 6.41 Å². The van der Waals surface area contributed by atoms with Crippen LogP contribution in [0.1, 0.15) is 0 Å². The fraction of sp³-hybridized carbons (Fsp3) is 0.667. The highest BCUT2D eigenvalue weighted by Gasteiger charge is 2.06. The number of urea groups is 1. The van der Waals surface area contributed by atoms with Crippen LogP contribution in [0.4, 0.5) is 4.79 Å². The molecule has 6 heteroatoms. The van der Waals surface area contributed by atoms with Gasteiger partial charge in [0.25, 0.3) is 6.41 Å². The van der Waals surface area contributed by atoms with Gasteiger partial charge in [-0.3, -0.25) is 9.69 Å². The van der Waals surface area contributed by atoms with Crippen molar-refractivity contribution in [2.45, 2.75) is 0 Å². The minimum Gasteiger partial charge on any atom is -0.312 e. The number of nitrogens with zero attached hydrogens (tertiary/aromatic N) is 4. The number of hydrogen-bond donors (Lipinski definition) is 0. The van der Waals surface area contributed by atoms with Crippen molar-refractivity contribution in [3.8, 4) is 0 Å². The second-order valence-corrected chi connectivity index (χ2v) is 2.52. The number of azo groups is 1. The zero-order valence-corrected chi connectivity index (χ0v) is 7.39. The van der Waals surface area contributed by atoms with Crippen LogP contribution >= 0.6 is 0 Å². The average Bonchev–Trinajstić information content (AvgIpc) is 1.98. The lowest BCUT2D eigenvalue weighted by Gasteiger charge is -2.18. The van der Waals surface area contributed by atoms with Gasteiger partial charge in [-0.15, -0.1) is 5.11 Å². The molecule has 0 atom stereocenters. The van der Waals surface area contributed by atoms with E-state index < -0.39 is 6.03 Å². The number of amides is 3. The Morgan fingerprint density at radius 2 is 2.00 bits per heavy atom. The number of rotatable bonds is 3. The molecule has 0 heterocycles. The lowest BCUT2D eigenvalue weighted by molar-refractivity contribution is -0.107. The van der Waals surface area contributed by atoms with Crippen LogP contribution < -0.4 is 0 Å². The van der Waals surface area contributed by atoms with Gasteiger partial charge in [-0.25, -0.2) is 4.79 Å². The largest absolute Gasteiger partial charge is 0.363 e. The second kappa shape index (κ2) is 5.36. The normalized spacial score (nSPS) is 10.7. The summed E-state index contributed by atoms with van der Waals surface area (Å²) < 4.78 is 0. The molecule has 68 valence electrons. The van der Waals surface area contributed by atoms with Crippen LogP contribution in [0.15, 0.2) is 10.2 Å². The molecule has 0 spiro atoms. The van der Waals surface area contributed by atoms with Crippen LogP contribution in [-0.4, -0.2) is 50.1 Å². The summed E-state index contributed by atoms with van der Waals surface area (Å²) in [5.41, 5.74) is 0. The van der Waals surface area contributed by atoms with Gasteiger partial charge in [-0.2, -0.15) is 0 Å². The molecular formula is C6H12N4O2. The fourth-order valence-corrected chi connectivity index (χ4v) is 0.634. The van der Waals surface area contributed by atoms with Crippen molar-refractivity contribution in [3.63, 3.8) is 0 Å². The molecule has 0 saturated carbocycles. The van der Waals surface area contributed by atoms with Crippen LogP contribution in [0.25, 0.3) is 0 Å². The summed E-state index contributed by atoms with van der Waals surface area (Å²) in [7, 11) is 5.22. The molecule has 0 aromatic heterocycles. The summed E-state index contributed by atoms with van der Waals surface area (Å²) in [5.74, 6) is 0. The highest BCUT2D eigenvalue weighted by Crippen LogP contribution is 1.90. The van der Waals surface area contributed by atoms with Gasteiger partial charge in [-0.1, -0.05) is 5.11 Å². The van der Waals surface area contributed by atoms with Crippen molar-refractivity contribution < 1.29 is 9.59 Å². The van der Waals surface area contributed by atoms with Crippen molar-refractivity contribution in [1.82, 2.24) is 9.80 Å². The standard InChI is InChI=1S/C6H12N4O2/c1-9(2)5-10(3)6(12)8-7-4-11/h4H,5H2,1-3H3. The van der Waals surface area contributed by atoms with Crippen molar-refractivity contribution >= 4 is 12.4 Å². The lowest BCUT2D eigenvalue weighted by Crippen LogP contribution is -2.33. The van der Waals surface area contributed by atoms with Crippen molar-refractivity contribution in [1.29, 1.82) is 0 Å². The van der Waals surface area contributed by atoms with Gasteiger partial charge in [0.15, 0.2) is 0 Å². The molecule has 0 aromatic carbocycles. The Morgan fingerprint density at radius 1 is 1.42 bits per heavy atom. The van der Waals surface area contributed by atoms with Crippen LogP contribution in [0.5, 0.6) is 0 Å². The quantitative estimate of drug-likeness (QED) is 0.346. The van der Waals surface area contributed by atoms with E-state index in [2.05, 4.69) is 10.2 Å². The summed E-state index contributed by atoms with van der Waals surface area (Å²) in [4.78, 5) is 23.8. The third-order valence-corrected chi connectivity index (χ3v) is 1.01. The van der Waals surface area contributed by atoms with E-state index in [4.69, 9.17) is 0 Å². The smallest absolute Gasteiger partial charge is 0.312 e. The SMILES string of the molecule is CN(C)CN(C)C(=O)N=NC=O. The van der Waals surface area contributed by atoms with E-state index >= 15 is 0 Å². The number of carbonyl (C=O) groups is 2. The molecule has 0 aliphatic carbocycles. The van der Waals surface area contributed by atoms with Gasteiger partial charge in [0.1, 0.15) is 0 Å². The van der Waals surface area contributed by atoms with Crippen LogP contribution in [0.3, 0.4) is 0 Å². The summed E-state index contributed by atoms with van der Waals surface area (Å²) in [5, 5.41) is 6.05. The van der Waals surface area contributed by atoms with E-state index in [1.165, 1.54) is 4.90 Å². The highest BCUT2D eigenvalue weighted by atomic mass is 16.2. The molecule has 3 amide bonds. The Kier molecular flexibility index (Phi) is 4.78. The monoisotopic (exact) mass is 172 g/mol. The lowest BCUT2D eigenvalue weighted by atomic mass is 10.7. The van der Waals surface area contributed by atoms with Gasteiger partial charge in [0, 0.05) is 7.05 Å². The Labute approximate surface area is 70.9 Å². The predicted octanol–water partition coefficient (Wildman–Crippen LogP) is 0.166. The van der Waals surface area contributed by atoms with Crippen molar-refractivity contribution in [3.05, 3.63) is 0 Å². The Hall–Kier alpha value is -1.30. The molecule has 0 unspecified atom stereocenters. The maximum Gasteiger partial charge on any atom is 0.363 e. The third-order valence-electron chi connectivity index (χ3n) is 1.01. The molecule has 0 fully saturated rings. The van der Waals surface area contributed by atoms with Crippen LogP contribution in [0, 0.1) is 0 Å². The summed E-state index contributed by atoms with van der Waals surface area (Å²) in [6, 6.07) is -0.532. The van der Waals surface area contributed by atoms with E-state index in [1.54, 1.807) is 11.9 Å². The van der Waals surface area contributed by atoms with E-state index in [0.29, 0.717) is 6.67 Å². The Morgan fingerprint density at radius 3 is 2.42 bits per heavy atom. The summed E-state index contributed by atoms with van der Waals surface area (Å²) in [6.45, 7) is 0.441. The fourth-order valence-electron chi connectivity index (χ4n) is 0.634. The minimum absolute atomic E-state index is 0.224. The zero-order valence-electron chi connectivity index (χ0n) is 7.39. The molecule has 12 heavy (non-hydrogen) atoms. The van der Waals surface area contributed by atoms with E-state index in [1.807, 2.05) is 14.1 Å². The molecule has 0 bridgehead atoms. The Balaban J connectivity index is 3.92. The average molecular weight is 172 g/mol. The zero-order chi connectivity index (χ0) is 9.56. The van der Waals surface area contributed by atoms with Gasteiger partial charge in [0.05, 0.1) is 6.67 Å². The van der Waals surface area contributed by atoms with Crippen molar-refractivity contribution in [2.24, 2.45) is 10.2 Å². The molecule has 0 radical (unpaired) electrons. The summed E-state index contributed by atoms with van der Waals surface area (Å²) >= 11 is 0. The number of carbonyl (C=O) groups excluding carboxylic acids is 2. The maximum absolute atomic E-state index is 10.9. The predicted molar refractivity (Wildman–Crippen MR) is 42.6 cm³/mol. The van der Waals surface area contributed by atoms with Crippen LogP contribution in [0.2, 0.25) is 0 Å². The van der Waals surface area contributed by atoms with Crippen molar-refractivity contribution in [2.75, 3.05) is 27.8 Å². The van der Waals surface area contributed by atoms with E-state index in [9.17, 15) is 9.59 Å². The highest BCUT2D eigenvalue weighted by molar-refractivity contribution is 5.75. The third kappa shape index (κ3) is 4.51. The molecule has 0 aromatic rings. The van der Waals surface area contributed by atoms with Crippen LogP contribution in [-0.2, 0) is 4.79 Å². The molecule has 0 rings (SSSR count). The first-order chi connectivity index (χ1) is 5.57. The molecule has 0 N–H and O–H groups in total. The van der Waals surface area contributed by atoms with E-state index in [0.717, 1.165) is 0 Å². The van der Waals surface area contributed by atoms with Gasteiger partial charge >= 0.3 is 6.03 Å². The minimum atomic E-state index is -0.532. The Bertz CT molecular complexity index is 190. The van der Waals surface area contributed by atoms with Gasteiger partial charge in [0.2, 0.25) is 0 Å². The first-order valence-corrected chi connectivity index (χ1v) is 3.32. The first-order valence-electron chi connectivity index (χ1n) is 3.32. The molecule has 0 aliphatic heterocycles. The number of hydrogen-bond acceptors (Lipinski definition) is 3. The second-order valence-electron chi connectivity index (χ2n) is 2.52. The first kappa shape index (κ1) is 10.7. The molecule has 0 aliphatic rings. The molecule has 6 nitrogen and oxygen atoms in total. The van der Waals surface area contributed by atoms with Gasteiger partial charge < -0.3 is 4.90 Å². The molecular weight excluding hydrogens is 160 g/mol. The topological polar surface area (TPSA) is 65.3 Å². The molecule has 0 saturated heterocycles. The summed E-state index contributed by atoms with van der Waals surface area (Å²) in [6.07, 6.45) is 0.224. The van der Waals surface area contributed by atoms with Gasteiger partial charge in [-0.05, 0) is 14.1 Å².